The lowest BCUT2D eigenvalue weighted by molar-refractivity contribution is -0.138. The molecule has 7 nitrogen and oxygen atoms in total. The number of anilines is 1. The number of hydrogen-bond acceptors (Lipinski definition) is 5. The van der Waals surface area contributed by atoms with Crippen molar-refractivity contribution in [1.82, 2.24) is 10.6 Å². The number of aliphatic hydroxyl groups is 1. The number of benzene rings is 4. The number of nitrogens with one attached hydrogen (secondary N) is 2. The molecule has 0 saturated carbocycles. The van der Waals surface area contributed by atoms with E-state index >= 15 is 0 Å². The largest absolute Gasteiger partial charge is 0.416 e. The highest BCUT2D eigenvalue weighted by Gasteiger charge is 2.33. The van der Waals surface area contributed by atoms with Gasteiger partial charge in [-0.15, -0.1) is 0 Å². The summed E-state index contributed by atoms with van der Waals surface area (Å²) in [6, 6.07) is 28.4. The highest BCUT2D eigenvalue weighted by Crippen LogP contribution is 2.31. The molecule has 2 atom stereocenters. The summed E-state index contributed by atoms with van der Waals surface area (Å²) in [6.45, 7) is -0.227. The van der Waals surface area contributed by atoms with Crippen molar-refractivity contribution in [1.29, 1.82) is 0 Å². The Balaban J connectivity index is 1.47. The normalized spacial score (nSPS) is 13.2. The van der Waals surface area contributed by atoms with Gasteiger partial charge in [-0.05, 0) is 47.4 Å². The maximum absolute atomic E-state index is 13.4. The van der Waals surface area contributed by atoms with Gasteiger partial charge in [0.25, 0.3) is 5.91 Å². The van der Waals surface area contributed by atoms with Gasteiger partial charge in [-0.25, -0.2) is 8.42 Å². The van der Waals surface area contributed by atoms with Gasteiger partial charge < -0.3 is 15.7 Å². The van der Waals surface area contributed by atoms with Crippen molar-refractivity contribution in [2.45, 2.75) is 37.0 Å². The summed E-state index contributed by atoms with van der Waals surface area (Å²) < 4.78 is 67.4. The fourth-order valence-corrected chi connectivity index (χ4v) is 5.98. The first-order chi connectivity index (χ1) is 20.9. The second-order valence-electron chi connectivity index (χ2n) is 10.4. The van der Waals surface area contributed by atoms with Crippen LogP contribution in [0.15, 0.2) is 109 Å². The zero-order valence-electron chi connectivity index (χ0n) is 24.0. The number of sulfonamides is 1. The third kappa shape index (κ3) is 8.91. The Labute approximate surface area is 255 Å². The molecule has 1 amide bonds. The van der Waals surface area contributed by atoms with Crippen molar-refractivity contribution < 1.29 is 31.5 Å². The summed E-state index contributed by atoms with van der Waals surface area (Å²) >= 11 is 0. The number of rotatable bonds is 13. The van der Waals surface area contributed by atoms with Crippen molar-refractivity contribution in [3.8, 4) is 0 Å². The standard InChI is InChI=1S/C33H34F3N3O4S/c1-39(44(42,43)23-25-13-6-3-7-14-25)28-17-10-16-26(20-28)32(41)38-30(19-24-11-4-2-5-12-24)31(40)22-37-21-27-15-8-9-18-29(27)33(34,35)36/h2-18,20,30-31,37,40H,19,21-23H2,1H3,(H,38,41)/t30-,31+/m0/s1. The maximum atomic E-state index is 13.4. The number of carbonyl (C=O) groups is 1. The van der Waals surface area contributed by atoms with Crippen LogP contribution in [0.2, 0.25) is 0 Å². The quantitative estimate of drug-likeness (QED) is 0.191. The monoisotopic (exact) mass is 625 g/mol. The van der Waals surface area contributed by atoms with Crippen LogP contribution in [-0.4, -0.2) is 45.2 Å². The lowest BCUT2D eigenvalue weighted by atomic mass is 10.00. The molecule has 0 saturated heterocycles. The molecule has 44 heavy (non-hydrogen) atoms. The van der Waals surface area contributed by atoms with E-state index in [-0.39, 0.29) is 36.4 Å². The maximum Gasteiger partial charge on any atom is 0.416 e. The summed E-state index contributed by atoms with van der Waals surface area (Å²) in [5.41, 5.74) is 1.22. The van der Waals surface area contributed by atoms with Gasteiger partial charge in [0, 0.05) is 25.7 Å². The predicted molar refractivity (Wildman–Crippen MR) is 164 cm³/mol. The number of amides is 1. The Morgan fingerprint density at radius 2 is 1.48 bits per heavy atom. The second kappa shape index (κ2) is 14.5. The Bertz CT molecular complexity index is 1640. The Morgan fingerprint density at radius 3 is 2.14 bits per heavy atom. The fourth-order valence-electron chi connectivity index (χ4n) is 4.74. The highest BCUT2D eigenvalue weighted by atomic mass is 32.2. The van der Waals surface area contributed by atoms with Crippen LogP contribution in [0.5, 0.6) is 0 Å². The molecule has 0 unspecified atom stereocenters. The van der Waals surface area contributed by atoms with Crippen LogP contribution in [0.4, 0.5) is 18.9 Å². The molecule has 3 N–H and O–H groups in total. The SMILES string of the molecule is CN(c1cccc(C(=O)N[C@@H](Cc2ccccc2)[C@H](O)CNCc2ccccc2C(F)(F)F)c1)S(=O)(=O)Cc1ccccc1. The first-order valence-electron chi connectivity index (χ1n) is 13.9. The number of alkyl halides is 3. The van der Waals surface area contributed by atoms with Gasteiger partial charge in [-0.2, -0.15) is 13.2 Å². The molecule has 0 aromatic heterocycles. The van der Waals surface area contributed by atoms with Gasteiger partial charge in [-0.1, -0.05) is 84.9 Å². The zero-order chi connectivity index (χ0) is 31.7. The van der Waals surface area contributed by atoms with Crippen molar-refractivity contribution in [2.24, 2.45) is 0 Å². The van der Waals surface area contributed by atoms with Gasteiger partial charge in [-0.3, -0.25) is 9.10 Å². The molecule has 4 aromatic carbocycles. The van der Waals surface area contributed by atoms with Gasteiger partial charge in [0.2, 0.25) is 10.0 Å². The third-order valence-electron chi connectivity index (χ3n) is 7.15. The van der Waals surface area contributed by atoms with E-state index in [4.69, 9.17) is 0 Å². The molecule has 4 aromatic rings. The number of carbonyl (C=O) groups excluding carboxylic acids is 1. The Kier molecular flexibility index (Phi) is 10.8. The Hall–Kier alpha value is -4.19. The predicted octanol–water partition coefficient (Wildman–Crippen LogP) is 5.16. The molecule has 0 spiro atoms. The van der Waals surface area contributed by atoms with Crippen LogP contribution in [0, 0.1) is 0 Å². The Morgan fingerprint density at radius 1 is 0.864 bits per heavy atom. The van der Waals surface area contributed by atoms with Gasteiger partial charge in [0.1, 0.15) is 0 Å². The summed E-state index contributed by atoms with van der Waals surface area (Å²) in [7, 11) is -2.33. The molecule has 0 fully saturated rings. The van der Waals surface area contributed by atoms with E-state index in [1.807, 2.05) is 30.3 Å². The van der Waals surface area contributed by atoms with E-state index in [1.165, 1.54) is 37.4 Å². The fraction of sp³-hybridized carbons (Fsp3) is 0.242. The summed E-state index contributed by atoms with van der Waals surface area (Å²) in [5.74, 6) is -0.755. The molecule has 0 aliphatic heterocycles. The average molecular weight is 626 g/mol. The molecular weight excluding hydrogens is 591 g/mol. The summed E-state index contributed by atoms with van der Waals surface area (Å²) in [5, 5.41) is 16.8. The second-order valence-corrected chi connectivity index (χ2v) is 12.4. The van der Waals surface area contributed by atoms with Crippen molar-refractivity contribution in [2.75, 3.05) is 17.9 Å². The molecule has 0 heterocycles. The van der Waals surface area contributed by atoms with Crippen LogP contribution in [0.25, 0.3) is 0 Å². The van der Waals surface area contributed by atoms with E-state index in [0.29, 0.717) is 11.3 Å². The molecule has 4 rings (SSSR count). The lowest BCUT2D eigenvalue weighted by Gasteiger charge is -2.25. The third-order valence-corrected chi connectivity index (χ3v) is 8.90. The molecule has 0 bridgehead atoms. The van der Waals surface area contributed by atoms with Crippen molar-refractivity contribution >= 4 is 21.6 Å². The van der Waals surface area contributed by atoms with Crippen LogP contribution in [0.3, 0.4) is 0 Å². The summed E-state index contributed by atoms with van der Waals surface area (Å²) in [6.07, 6.45) is -5.42. The molecule has 0 radical (unpaired) electrons. The van der Waals surface area contributed by atoms with E-state index in [2.05, 4.69) is 10.6 Å². The first kappa shape index (κ1) is 32.7. The van der Waals surface area contributed by atoms with Crippen LogP contribution >= 0.6 is 0 Å². The average Bonchev–Trinajstić information content (AvgIpc) is 3.01. The topological polar surface area (TPSA) is 98.7 Å². The summed E-state index contributed by atoms with van der Waals surface area (Å²) in [4.78, 5) is 13.4. The molecule has 11 heteroatoms. The van der Waals surface area contributed by atoms with E-state index in [1.54, 1.807) is 42.5 Å². The molecule has 0 aliphatic rings. The van der Waals surface area contributed by atoms with E-state index < -0.39 is 39.8 Å². The molecule has 232 valence electrons. The van der Waals surface area contributed by atoms with Gasteiger partial charge in [0.15, 0.2) is 0 Å². The number of nitrogens with zero attached hydrogens (tertiary/aromatic N) is 1. The van der Waals surface area contributed by atoms with E-state index in [0.717, 1.165) is 15.9 Å². The first-order valence-corrected chi connectivity index (χ1v) is 15.5. The van der Waals surface area contributed by atoms with Crippen LogP contribution in [0.1, 0.15) is 32.6 Å². The minimum atomic E-state index is -4.51. The van der Waals surface area contributed by atoms with Crippen LogP contribution in [-0.2, 0) is 34.9 Å². The molecule has 0 aliphatic carbocycles. The minimum Gasteiger partial charge on any atom is -0.390 e. The number of halogens is 3. The number of aliphatic hydroxyl groups excluding tert-OH is 1. The van der Waals surface area contributed by atoms with Gasteiger partial charge >= 0.3 is 6.18 Å². The minimum absolute atomic E-state index is 0.0407. The van der Waals surface area contributed by atoms with E-state index in [9.17, 15) is 31.5 Å². The molecular formula is C33H34F3N3O4S. The van der Waals surface area contributed by atoms with Gasteiger partial charge in [0.05, 0.1) is 29.1 Å². The lowest BCUT2D eigenvalue weighted by Crippen LogP contribution is -2.48. The number of hydrogen-bond donors (Lipinski definition) is 3. The van der Waals surface area contributed by atoms with Crippen LogP contribution < -0.4 is 14.9 Å². The zero-order valence-corrected chi connectivity index (χ0v) is 24.9. The van der Waals surface area contributed by atoms with Crippen molar-refractivity contribution in [3.63, 3.8) is 0 Å². The highest BCUT2D eigenvalue weighted by molar-refractivity contribution is 7.92. The van der Waals surface area contributed by atoms with Crippen molar-refractivity contribution in [3.05, 3.63) is 137 Å². The smallest absolute Gasteiger partial charge is 0.390 e.